The molecule has 2 rings (SSSR count). The molecule has 0 spiro atoms. The molecule has 0 amide bonds. The van der Waals surface area contributed by atoms with Gasteiger partial charge in [-0.05, 0) is 26.7 Å². The molecule has 1 aromatic rings. The van der Waals surface area contributed by atoms with Gasteiger partial charge in [-0.1, -0.05) is 0 Å². The average Bonchev–Trinajstić information content (AvgIpc) is 2.78. The molecular weight excluding hydrogens is 202 g/mol. The van der Waals surface area contributed by atoms with Crippen molar-refractivity contribution in [3.8, 4) is 0 Å². The van der Waals surface area contributed by atoms with Gasteiger partial charge in [-0.15, -0.1) is 0 Å². The molecular formula is C12H19N3O. The Bertz CT molecular complexity index is 337. The molecule has 1 saturated heterocycles. The van der Waals surface area contributed by atoms with Crippen LogP contribution < -0.4 is 4.90 Å². The Hall–Kier alpha value is -1.16. The molecule has 1 fully saturated rings. The predicted molar refractivity (Wildman–Crippen MR) is 63.6 cm³/mol. The Morgan fingerprint density at radius 1 is 1.50 bits per heavy atom. The molecule has 1 atom stereocenters. The van der Waals surface area contributed by atoms with Gasteiger partial charge in [0.1, 0.15) is 12.1 Å². The Morgan fingerprint density at radius 2 is 2.38 bits per heavy atom. The van der Waals surface area contributed by atoms with E-state index < -0.39 is 0 Å². The first kappa shape index (κ1) is 11.3. The van der Waals surface area contributed by atoms with Crippen LogP contribution in [0.25, 0.3) is 0 Å². The number of hydrogen-bond acceptors (Lipinski definition) is 4. The third kappa shape index (κ3) is 2.70. The van der Waals surface area contributed by atoms with Crippen LogP contribution in [0.4, 0.5) is 5.82 Å². The molecule has 0 aliphatic carbocycles. The summed E-state index contributed by atoms with van der Waals surface area (Å²) in [6.07, 6.45) is 4.35. The van der Waals surface area contributed by atoms with E-state index in [1.807, 2.05) is 13.0 Å². The van der Waals surface area contributed by atoms with E-state index in [1.54, 1.807) is 6.33 Å². The fraction of sp³-hybridized carbons (Fsp3) is 0.667. The molecule has 1 aliphatic rings. The SMILES string of the molecule is CCN(CC1CCCO1)c1cc(C)ncn1. The maximum absolute atomic E-state index is 5.65. The molecule has 1 unspecified atom stereocenters. The van der Waals surface area contributed by atoms with Crippen molar-refractivity contribution in [3.05, 3.63) is 18.1 Å². The fourth-order valence-electron chi connectivity index (χ4n) is 2.03. The lowest BCUT2D eigenvalue weighted by Gasteiger charge is -2.24. The van der Waals surface area contributed by atoms with E-state index in [1.165, 1.54) is 12.8 Å². The molecule has 1 aromatic heterocycles. The molecule has 4 nitrogen and oxygen atoms in total. The minimum Gasteiger partial charge on any atom is -0.376 e. The largest absolute Gasteiger partial charge is 0.376 e. The van der Waals surface area contributed by atoms with Crippen molar-refractivity contribution in [1.82, 2.24) is 9.97 Å². The van der Waals surface area contributed by atoms with Gasteiger partial charge in [-0.25, -0.2) is 9.97 Å². The first-order valence-corrected chi connectivity index (χ1v) is 5.95. The first-order valence-electron chi connectivity index (χ1n) is 5.95. The number of nitrogens with zero attached hydrogens (tertiary/aromatic N) is 3. The average molecular weight is 221 g/mol. The van der Waals surface area contributed by atoms with E-state index in [9.17, 15) is 0 Å². The zero-order valence-electron chi connectivity index (χ0n) is 10.0. The normalized spacial score (nSPS) is 20.0. The van der Waals surface area contributed by atoms with Gasteiger partial charge in [0.05, 0.1) is 6.10 Å². The maximum atomic E-state index is 5.65. The third-order valence-electron chi connectivity index (χ3n) is 2.94. The van der Waals surface area contributed by atoms with E-state index in [-0.39, 0.29) is 0 Å². The van der Waals surface area contributed by atoms with Gasteiger partial charge in [0.15, 0.2) is 0 Å². The molecule has 0 radical (unpaired) electrons. The molecule has 1 aliphatic heterocycles. The highest BCUT2D eigenvalue weighted by molar-refractivity contribution is 5.38. The van der Waals surface area contributed by atoms with E-state index in [0.29, 0.717) is 6.10 Å². The number of likely N-dealkylation sites (N-methyl/N-ethyl adjacent to an activating group) is 1. The predicted octanol–water partition coefficient (Wildman–Crippen LogP) is 1.79. The quantitative estimate of drug-likeness (QED) is 0.777. The van der Waals surface area contributed by atoms with Crippen LogP contribution in [0.15, 0.2) is 12.4 Å². The van der Waals surface area contributed by atoms with Crippen LogP contribution in [-0.4, -0.2) is 35.8 Å². The summed E-state index contributed by atoms with van der Waals surface area (Å²) in [5.41, 5.74) is 1.01. The van der Waals surface area contributed by atoms with Crippen LogP contribution in [0.2, 0.25) is 0 Å². The maximum Gasteiger partial charge on any atom is 0.132 e. The van der Waals surface area contributed by atoms with Crippen molar-refractivity contribution in [2.24, 2.45) is 0 Å². The Balaban J connectivity index is 2.03. The van der Waals surface area contributed by atoms with Crippen LogP contribution >= 0.6 is 0 Å². The van der Waals surface area contributed by atoms with E-state index >= 15 is 0 Å². The van der Waals surface area contributed by atoms with Gasteiger partial charge >= 0.3 is 0 Å². The highest BCUT2D eigenvalue weighted by Gasteiger charge is 2.19. The topological polar surface area (TPSA) is 38.2 Å². The number of anilines is 1. The van der Waals surface area contributed by atoms with Crippen molar-refractivity contribution >= 4 is 5.82 Å². The standard InChI is InChI=1S/C12H19N3O/c1-3-15(8-11-5-4-6-16-11)12-7-10(2)13-9-14-12/h7,9,11H,3-6,8H2,1-2H3. The summed E-state index contributed by atoms with van der Waals surface area (Å²) < 4.78 is 5.65. The van der Waals surface area contributed by atoms with Crippen molar-refractivity contribution in [3.63, 3.8) is 0 Å². The lowest BCUT2D eigenvalue weighted by atomic mass is 10.2. The number of rotatable bonds is 4. The van der Waals surface area contributed by atoms with E-state index in [0.717, 1.165) is 31.2 Å². The Labute approximate surface area is 96.7 Å². The van der Waals surface area contributed by atoms with Gasteiger partial charge in [-0.2, -0.15) is 0 Å². The molecule has 88 valence electrons. The second-order valence-electron chi connectivity index (χ2n) is 4.19. The molecule has 0 bridgehead atoms. The molecule has 0 N–H and O–H groups in total. The van der Waals surface area contributed by atoms with Gasteiger partial charge in [0.2, 0.25) is 0 Å². The lowest BCUT2D eigenvalue weighted by molar-refractivity contribution is 0.115. The summed E-state index contributed by atoms with van der Waals surface area (Å²) in [7, 11) is 0. The molecule has 16 heavy (non-hydrogen) atoms. The second kappa shape index (κ2) is 5.25. The second-order valence-corrected chi connectivity index (χ2v) is 4.19. The first-order chi connectivity index (χ1) is 7.79. The molecule has 0 aromatic carbocycles. The molecule has 2 heterocycles. The van der Waals surface area contributed by atoms with Gasteiger partial charge < -0.3 is 9.64 Å². The van der Waals surface area contributed by atoms with Crippen LogP contribution in [-0.2, 0) is 4.74 Å². The van der Waals surface area contributed by atoms with Gasteiger partial charge in [0.25, 0.3) is 0 Å². The number of hydrogen-bond donors (Lipinski definition) is 0. The van der Waals surface area contributed by atoms with Crippen molar-refractivity contribution in [2.45, 2.75) is 32.8 Å². The number of aryl methyl sites for hydroxylation is 1. The molecule has 0 saturated carbocycles. The van der Waals surface area contributed by atoms with Gasteiger partial charge in [0, 0.05) is 31.5 Å². The summed E-state index contributed by atoms with van der Waals surface area (Å²) in [6.45, 7) is 6.94. The van der Waals surface area contributed by atoms with Crippen molar-refractivity contribution in [1.29, 1.82) is 0 Å². The number of ether oxygens (including phenoxy) is 1. The third-order valence-corrected chi connectivity index (χ3v) is 2.94. The van der Waals surface area contributed by atoms with Crippen molar-refractivity contribution in [2.75, 3.05) is 24.6 Å². The highest BCUT2D eigenvalue weighted by Crippen LogP contribution is 2.17. The Kier molecular flexibility index (Phi) is 3.72. The fourth-order valence-corrected chi connectivity index (χ4v) is 2.03. The summed E-state index contributed by atoms with van der Waals surface area (Å²) in [4.78, 5) is 10.7. The monoisotopic (exact) mass is 221 g/mol. The molecule has 4 heteroatoms. The minimum absolute atomic E-state index is 0.371. The van der Waals surface area contributed by atoms with Crippen LogP contribution in [0.5, 0.6) is 0 Å². The highest BCUT2D eigenvalue weighted by atomic mass is 16.5. The number of aromatic nitrogens is 2. The van der Waals surface area contributed by atoms with Gasteiger partial charge in [-0.3, -0.25) is 0 Å². The van der Waals surface area contributed by atoms with E-state index in [4.69, 9.17) is 4.74 Å². The van der Waals surface area contributed by atoms with Crippen LogP contribution in [0, 0.1) is 6.92 Å². The summed E-state index contributed by atoms with van der Waals surface area (Å²) in [6, 6.07) is 2.03. The zero-order chi connectivity index (χ0) is 11.4. The minimum atomic E-state index is 0.371. The van der Waals surface area contributed by atoms with Crippen molar-refractivity contribution < 1.29 is 4.74 Å². The lowest BCUT2D eigenvalue weighted by Crippen LogP contribution is -2.32. The van der Waals surface area contributed by atoms with Crippen LogP contribution in [0.3, 0.4) is 0 Å². The summed E-state index contributed by atoms with van der Waals surface area (Å²) in [5, 5.41) is 0. The zero-order valence-corrected chi connectivity index (χ0v) is 10.0. The van der Waals surface area contributed by atoms with Crippen LogP contribution in [0.1, 0.15) is 25.5 Å². The summed E-state index contributed by atoms with van der Waals surface area (Å²) >= 11 is 0. The summed E-state index contributed by atoms with van der Waals surface area (Å²) in [5.74, 6) is 1.01. The van der Waals surface area contributed by atoms with E-state index in [2.05, 4.69) is 21.8 Å². The Morgan fingerprint density at radius 3 is 3.00 bits per heavy atom. The smallest absolute Gasteiger partial charge is 0.132 e.